The summed E-state index contributed by atoms with van der Waals surface area (Å²) in [5.74, 6) is 2.16. The fourth-order valence-electron chi connectivity index (χ4n) is 6.22. The predicted octanol–water partition coefficient (Wildman–Crippen LogP) is 8.87. The van der Waals surface area contributed by atoms with E-state index >= 15 is 0 Å². The normalized spacial score (nSPS) is 18.0. The topological polar surface area (TPSA) is 34.1 Å². The molecule has 0 aromatic heterocycles. The van der Waals surface area contributed by atoms with E-state index < -0.39 is 0 Å². The average Bonchev–Trinajstić information content (AvgIpc) is 3.00. The fraction of sp³-hybridized carbons (Fsp3) is 0.286. The van der Waals surface area contributed by atoms with Gasteiger partial charge in [0.1, 0.15) is 0 Å². The molecule has 0 fully saturated rings. The molecule has 0 aliphatic carbocycles. The summed E-state index contributed by atoms with van der Waals surface area (Å²) in [7, 11) is 1.68. The quantitative estimate of drug-likeness (QED) is 0.191. The zero-order valence-corrected chi connectivity index (χ0v) is 24.7. The monoisotopic (exact) mass is 594 g/mol. The standard InChI is InChI=1S/C35H35BrN2O2/c1-3-18-40-35-32(36)19-24(20-33(35)39-2)23-37-27-21-30-28(25-10-6-4-7-11-25)14-16-38-17-15-29(31(22-27)34(30)38)26-12-8-5-9-13-26/h4-13,19-23,28-29H,3,14-18H2,1-2H3/t28-,29-/m0/s1. The highest BCUT2D eigenvalue weighted by molar-refractivity contribution is 9.10. The smallest absolute Gasteiger partial charge is 0.175 e. The third-order valence-corrected chi connectivity index (χ3v) is 8.65. The molecule has 0 N–H and O–H groups in total. The number of methoxy groups -OCH3 is 1. The molecule has 4 aromatic rings. The van der Waals surface area contributed by atoms with Gasteiger partial charge in [-0.1, -0.05) is 67.6 Å². The van der Waals surface area contributed by atoms with Gasteiger partial charge in [-0.25, -0.2) is 0 Å². The van der Waals surface area contributed by atoms with Gasteiger partial charge in [-0.2, -0.15) is 0 Å². The summed E-state index contributed by atoms with van der Waals surface area (Å²) in [5, 5.41) is 0. The number of ether oxygens (including phenoxy) is 2. The Labute approximate surface area is 245 Å². The number of rotatable bonds is 8. The summed E-state index contributed by atoms with van der Waals surface area (Å²) in [4.78, 5) is 7.65. The van der Waals surface area contributed by atoms with Gasteiger partial charge in [0, 0.05) is 36.8 Å². The zero-order valence-electron chi connectivity index (χ0n) is 23.1. The number of aliphatic imine (C=N–C) groups is 1. The van der Waals surface area contributed by atoms with Crippen LogP contribution in [0.3, 0.4) is 0 Å². The van der Waals surface area contributed by atoms with Crippen LogP contribution >= 0.6 is 15.9 Å². The summed E-state index contributed by atoms with van der Waals surface area (Å²) in [5.41, 5.74) is 8.91. The molecule has 2 heterocycles. The van der Waals surface area contributed by atoms with Gasteiger partial charge in [-0.3, -0.25) is 4.99 Å². The Morgan fingerprint density at radius 1 is 0.875 bits per heavy atom. The Balaban J connectivity index is 1.44. The van der Waals surface area contributed by atoms with Crippen molar-refractivity contribution in [1.29, 1.82) is 0 Å². The van der Waals surface area contributed by atoms with Crippen molar-refractivity contribution in [3.8, 4) is 11.5 Å². The molecule has 2 aliphatic rings. The molecule has 0 saturated carbocycles. The number of halogens is 1. The molecule has 5 heteroatoms. The molecular weight excluding hydrogens is 560 g/mol. The van der Waals surface area contributed by atoms with Crippen LogP contribution in [0.15, 0.2) is 94.4 Å². The summed E-state index contributed by atoms with van der Waals surface area (Å²) in [6.07, 6.45) is 5.10. The number of hydrogen-bond acceptors (Lipinski definition) is 4. The minimum atomic E-state index is 0.361. The van der Waals surface area contributed by atoms with Gasteiger partial charge in [0.05, 0.1) is 23.9 Å². The minimum Gasteiger partial charge on any atom is -0.493 e. The SMILES string of the molecule is CCCOc1c(Br)cc(C=Nc2cc3c4c(c2)[C@H](c2ccccc2)CCN4CC[C@H]3c2ccccc2)cc1OC. The van der Waals surface area contributed by atoms with Crippen molar-refractivity contribution in [2.24, 2.45) is 4.99 Å². The van der Waals surface area contributed by atoms with Crippen LogP contribution in [0.4, 0.5) is 11.4 Å². The van der Waals surface area contributed by atoms with E-state index in [2.05, 4.69) is 101 Å². The number of anilines is 1. The van der Waals surface area contributed by atoms with Crippen molar-refractivity contribution >= 4 is 33.5 Å². The molecular formula is C35H35BrN2O2. The summed E-state index contributed by atoms with van der Waals surface area (Å²) in [6, 6.07) is 30.6. The van der Waals surface area contributed by atoms with Gasteiger partial charge < -0.3 is 14.4 Å². The largest absolute Gasteiger partial charge is 0.493 e. The van der Waals surface area contributed by atoms with Gasteiger partial charge in [0.15, 0.2) is 11.5 Å². The molecule has 6 rings (SSSR count). The zero-order chi connectivity index (χ0) is 27.5. The van der Waals surface area contributed by atoms with E-state index in [-0.39, 0.29) is 0 Å². The minimum absolute atomic E-state index is 0.361. The van der Waals surface area contributed by atoms with E-state index in [9.17, 15) is 0 Å². The maximum atomic E-state index is 5.92. The molecule has 0 unspecified atom stereocenters. The van der Waals surface area contributed by atoms with E-state index in [0.29, 0.717) is 24.2 Å². The number of benzene rings is 4. The van der Waals surface area contributed by atoms with Crippen molar-refractivity contribution in [3.05, 3.63) is 117 Å². The van der Waals surface area contributed by atoms with Gasteiger partial charge >= 0.3 is 0 Å². The van der Waals surface area contributed by atoms with Crippen LogP contribution in [0.25, 0.3) is 0 Å². The highest BCUT2D eigenvalue weighted by Crippen LogP contribution is 2.50. The summed E-state index contributed by atoms with van der Waals surface area (Å²) in [6.45, 7) is 4.91. The Hall–Kier alpha value is -3.57. The molecule has 2 aliphatic heterocycles. The first-order chi connectivity index (χ1) is 19.7. The third kappa shape index (κ3) is 5.27. The van der Waals surface area contributed by atoms with Crippen molar-refractivity contribution < 1.29 is 9.47 Å². The van der Waals surface area contributed by atoms with Gasteiger partial charge in [0.25, 0.3) is 0 Å². The van der Waals surface area contributed by atoms with Crippen molar-refractivity contribution in [2.75, 3.05) is 31.7 Å². The predicted molar refractivity (Wildman–Crippen MR) is 168 cm³/mol. The first-order valence-electron chi connectivity index (χ1n) is 14.2. The molecule has 2 atom stereocenters. The van der Waals surface area contributed by atoms with E-state index in [1.165, 1.54) is 27.9 Å². The molecule has 0 radical (unpaired) electrons. The Morgan fingerprint density at radius 2 is 1.48 bits per heavy atom. The first-order valence-corrected chi connectivity index (χ1v) is 15.0. The number of hydrogen-bond donors (Lipinski definition) is 0. The highest BCUT2D eigenvalue weighted by Gasteiger charge is 2.35. The van der Waals surface area contributed by atoms with Crippen molar-refractivity contribution in [3.63, 3.8) is 0 Å². The average molecular weight is 596 g/mol. The van der Waals surface area contributed by atoms with Gasteiger partial charge in [-0.15, -0.1) is 0 Å². The van der Waals surface area contributed by atoms with Crippen molar-refractivity contribution in [1.82, 2.24) is 0 Å². The fourth-order valence-corrected chi connectivity index (χ4v) is 6.80. The van der Waals surface area contributed by atoms with Crippen LogP contribution in [0.1, 0.15) is 65.8 Å². The Bertz CT molecular complexity index is 1430. The molecule has 0 amide bonds. The second-order valence-electron chi connectivity index (χ2n) is 10.6. The third-order valence-electron chi connectivity index (χ3n) is 8.06. The van der Waals surface area contributed by atoms with Crippen LogP contribution in [0.5, 0.6) is 11.5 Å². The second-order valence-corrected chi connectivity index (χ2v) is 11.5. The molecule has 0 spiro atoms. The lowest BCUT2D eigenvalue weighted by atomic mass is 9.76. The first kappa shape index (κ1) is 26.6. The van der Waals surface area contributed by atoms with Crippen molar-refractivity contribution in [2.45, 2.75) is 38.0 Å². The van der Waals surface area contributed by atoms with E-state index in [4.69, 9.17) is 14.5 Å². The second kappa shape index (κ2) is 11.9. The Morgan fingerprint density at radius 3 is 2.02 bits per heavy atom. The van der Waals surface area contributed by atoms with E-state index in [1.807, 2.05) is 18.3 Å². The summed E-state index contributed by atoms with van der Waals surface area (Å²) < 4.78 is 12.4. The maximum Gasteiger partial charge on any atom is 0.175 e. The lowest BCUT2D eigenvalue weighted by molar-refractivity contribution is 0.292. The van der Waals surface area contributed by atoms with Gasteiger partial charge in [-0.05, 0) is 87.3 Å². The number of nitrogens with zero attached hydrogens (tertiary/aromatic N) is 2. The molecule has 4 nitrogen and oxygen atoms in total. The Kier molecular flexibility index (Phi) is 7.92. The highest BCUT2D eigenvalue weighted by atomic mass is 79.9. The molecule has 40 heavy (non-hydrogen) atoms. The lowest BCUT2D eigenvalue weighted by Crippen LogP contribution is -2.37. The summed E-state index contributed by atoms with van der Waals surface area (Å²) >= 11 is 3.68. The van der Waals surface area contributed by atoms with E-state index in [1.54, 1.807) is 7.11 Å². The lowest BCUT2D eigenvalue weighted by Gasteiger charge is -2.43. The van der Waals surface area contributed by atoms with Gasteiger partial charge in [0.2, 0.25) is 0 Å². The van der Waals surface area contributed by atoms with Crippen LogP contribution in [0, 0.1) is 0 Å². The molecule has 0 saturated heterocycles. The molecule has 0 bridgehead atoms. The maximum absolute atomic E-state index is 5.92. The molecule has 204 valence electrons. The van der Waals surface area contributed by atoms with Crippen LogP contribution in [-0.2, 0) is 0 Å². The van der Waals surface area contributed by atoms with E-state index in [0.717, 1.165) is 53.8 Å². The van der Waals surface area contributed by atoms with Crippen LogP contribution in [0.2, 0.25) is 0 Å². The van der Waals surface area contributed by atoms with Crippen LogP contribution in [-0.4, -0.2) is 33.0 Å². The molecule has 4 aromatic carbocycles. The van der Waals surface area contributed by atoms with Crippen LogP contribution < -0.4 is 14.4 Å².